The molecule has 0 aliphatic heterocycles. The van der Waals surface area contributed by atoms with Crippen LogP contribution in [0.4, 0.5) is 5.69 Å². The van der Waals surface area contributed by atoms with Gasteiger partial charge in [0.05, 0.1) is 31.2 Å². The number of carbonyl (C=O) groups excluding carboxylic acids is 1. The monoisotopic (exact) mass is 331 g/mol. The molecule has 130 valence electrons. The molecule has 0 bridgehead atoms. The van der Waals surface area contributed by atoms with Crippen molar-refractivity contribution in [3.63, 3.8) is 0 Å². The second kappa shape index (κ2) is 7.49. The zero-order valence-electron chi connectivity index (χ0n) is 15.3. The first kappa shape index (κ1) is 18.0. The molecule has 1 unspecified atom stereocenters. The van der Waals surface area contributed by atoms with Gasteiger partial charge in [-0.05, 0) is 45.0 Å². The van der Waals surface area contributed by atoms with Crippen LogP contribution in [-0.4, -0.2) is 35.9 Å². The predicted octanol–water partition coefficient (Wildman–Crippen LogP) is 1.09. The van der Waals surface area contributed by atoms with Crippen LogP contribution in [0, 0.1) is 13.8 Å². The molecule has 0 saturated heterocycles. The number of nitrogens with one attached hydrogen (secondary N) is 2. The molecule has 2 N–H and O–H groups in total. The number of amides is 1. The van der Waals surface area contributed by atoms with E-state index in [0.717, 1.165) is 34.3 Å². The van der Waals surface area contributed by atoms with Gasteiger partial charge in [-0.1, -0.05) is 0 Å². The van der Waals surface area contributed by atoms with Crippen molar-refractivity contribution in [1.82, 2.24) is 9.78 Å². The van der Waals surface area contributed by atoms with E-state index in [0.29, 0.717) is 0 Å². The third-order valence-electron chi connectivity index (χ3n) is 4.53. The molecule has 0 radical (unpaired) electrons. The normalized spacial score (nSPS) is 13.4. The number of benzene rings is 1. The fraction of sp³-hybridized carbons (Fsp3) is 0.444. The number of quaternary nitrogens is 1. The molecule has 0 aliphatic carbocycles. The SMILES string of the molecule is COc1ccc(C[NH+](C)[C@@H](C)C(=O)Nc2c(C)nn(C)c2C)cc1. The Labute approximate surface area is 143 Å². The van der Waals surface area contributed by atoms with Gasteiger partial charge in [-0.25, -0.2) is 0 Å². The van der Waals surface area contributed by atoms with Crippen molar-refractivity contribution in [2.75, 3.05) is 19.5 Å². The number of nitrogens with zero attached hydrogens (tertiary/aromatic N) is 2. The Morgan fingerprint density at radius 1 is 1.33 bits per heavy atom. The van der Waals surface area contributed by atoms with Crippen LogP contribution in [0.3, 0.4) is 0 Å². The number of anilines is 1. The van der Waals surface area contributed by atoms with Gasteiger partial charge in [0.25, 0.3) is 5.91 Å². The van der Waals surface area contributed by atoms with E-state index < -0.39 is 0 Å². The summed E-state index contributed by atoms with van der Waals surface area (Å²) in [5.41, 5.74) is 3.78. The fourth-order valence-corrected chi connectivity index (χ4v) is 2.63. The first-order valence-electron chi connectivity index (χ1n) is 8.09. The van der Waals surface area contributed by atoms with E-state index >= 15 is 0 Å². The van der Waals surface area contributed by atoms with Gasteiger partial charge in [0, 0.05) is 12.6 Å². The van der Waals surface area contributed by atoms with E-state index in [1.54, 1.807) is 11.8 Å². The minimum atomic E-state index is -0.175. The topological polar surface area (TPSA) is 60.6 Å². The highest BCUT2D eigenvalue weighted by Crippen LogP contribution is 2.18. The Balaban J connectivity index is 2.01. The number of rotatable bonds is 6. The second-order valence-electron chi connectivity index (χ2n) is 6.25. The van der Waals surface area contributed by atoms with Gasteiger partial charge in [0.2, 0.25) is 0 Å². The lowest BCUT2D eigenvalue weighted by Crippen LogP contribution is -3.12. The van der Waals surface area contributed by atoms with Gasteiger partial charge in [0.15, 0.2) is 6.04 Å². The molecular weight excluding hydrogens is 304 g/mol. The molecule has 0 saturated carbocycles. The Morgan fingerprint density at radius 2 is 1.96 bits per heavy atom. The first-order chi connectivity index (χ1) is 11.3. The van der Waals surface area contributed by atoms with Gasteiger partial charge < -0.3 is 15.0 Å². The number of carbonyl (C=O) groups is 1. The standard InChI is InChI=1S/C18H26N4O2/c1-12-17(13(2)22(5)20-12)19-18(23)14(3)21(4)11-15-7-9-16(24-6)10-8-15/h7-10,14H,11H2,1-6H3,(H,19,23)/p+1/t14-/m0/s1. The highest BCUT2D eigenvalue weighted by molar-refractivity contribution is 5.94. The van der Waals surface area contributed by atoms with Crippen LogP contribution in [0.15, 0.2) is 24.3 Å². The van der Waals surface area contributed by atoms with Crippen LogP contribution >= 0.6 is 0 Å². The highest BCUT2D eigenvalue weighted by atomic mass is 16.5. The maximum atomic E-state index is 12.6. The maximum absolute atomic E-state index is 12.6. The third kappa shape index (κ3) is 3.94. The lowest BCUT2D eigenvalue weighted by atomic mass is 10.1. The van der Waals surface area contributed by atoms with Crippen molar-refractivity contribution >= 4 is 11.6 Å². The Hall–Kier alpha value is -2.34. The van der Waals surface area contributed by atoms with E-state index in [1.165, 1.54) is 5.56 Å². The largest absolute Gasteiger partial charge is 0.497 e. The van der Waals surface area contributed by atoms with E-state index in [9.17, 15) is 4.79 Å². The Bertz CT molecular complexity index is 707. The predicted molar refractivity (Wildman–Crippen MR) is 94.4 cm³/mol. The Kier molecular flexibility index (Phi) is 5.62. The smallest absolute Gasteiger partial charge is 0.282 e. The second-order valence-corrected chi connectivity index (χ2v) is 6.25. The minimum Gasteiger partial charge on any atom is -0.497 e. The van der Waals surface area contributed by atoms with E-state index in [1.807, 2.05) is 59.1 Å². The van der Waals surface area contributed by atoms with E-state index in [2.05, 4.69) is 10.4 Å². The van der Waals surface area contributed by atoms with Crippen LogP contribution < -0.4 is 15.0 Å². The molecular formula is C18H27N4O2+. The van der Waals surface area contributed by atoms with Gasteiger partial charge >= 0.3 is 0 Å². The molecule has 2 aromatic rings. The van der Waals surface area contributed by atoms with E-state index in [-0.39, 0.29) is 11.9 Å². The molecule has 6 nitrogen and oxygen atoms in total. The van der Waals surface area contributed by atoms with Crippen LogP contribution in [0.5, 0.6) is 5.75 Å². The summed E-state index contributed by atoms with van der Waals surface area (Å²) in [7, 11) is 5.56. The summed E-state index contributed by atoms with van der Waals surface area (Å²) in [6.07, 6.45) is 0. The van der Waals surface area contributed by atoms with Crippen LogP contribution in [0.2, 0.25) is 0 Å². The lowest BCUT2D eigenvalue weighted by molar-refractivity contribution is -0.907. The molecule has 0 fully saturated rings. The number of aryl methyl sites for hydroxylation is 2. The van der Waals surface area contributed by atoms with Gasteiger partial charge in [-0.3, -0.25) is 9.48 Å². The zero-order chi connectivity index (χ0) is 17.9. The molecule has 6 heteroatoms. The van der Waals surface area contributed by atoms with Crippen molar-refractivity contribution in [1.29, 1.82) is 0 Å². The minimum absolute atomic E-state index is 0.000196. The Morgan fingerprint density at radius 3 is 2.46 bits per heavy atom. The summed E-state index contributed by atoms with van der Waals surface area (Å²) in [5.74, 6) is 0.838. The average molecular weight is 331 g/mol. The molecule has 1 aromatic heterocycles. The van der Waals surface area contributed by atoms with Gasteiger partial charge in [0.1, 0.15) is 12.3 Å². The van der Waals surface area contributed by atoms with Gasteiger partial charge in [-0.2, -0.15) is 5.10 Å². The zero-order valence-corrected chi connectivity index (χ0v) is 15.3. The summed E-state index contributed by atoms with van der Waals surface area (Å²) in [4.78, 5) is 13.7. The molecule has 24 heavy (non-hydrogen) atoms. The number of ether oxygens (including phenoxy) is 1. The van der Waals surface area contributed by atoms with Crippen LogP contribution in [0.25, 0.3) is 0 Å². The average Bonchev–Trinajstić information content (AvgIpc) is 2.81. The fourth-order valence-electron chi connectivity index (χ4n) is 2.63. The third-order valence-corrected chi connectivity index (χ3v) is 4.53. The molecule has 1 amide bonds. The summed E-state index contributed by atoms with van der Waals surface area (Å²) >= 11 is 0. The number of hydrogen-bond acceptors (Lipinski definition) is 3. The van der Waals surface area contributed by atoms with Crippen molar-refractivity contribution in [2.24, 2.45) is 7.05 Å². The van der Waals surface area contributed by atoms with Crippen LogP contribution in [0.1, 0.15) is 23.9 Å². The number of aromatic nitrogens is 2. The number of methoxy groups -OCH3 is 1. The number of likely N-dealkylation sites (N-methyl/N-ethyl adjacent to an activating group) is 1. The van der Waals surface area contributed by atoms with Crippen LogP contribution in [-0.2, 0) is 18.4 Å². The molecule has 0 aliphatic rings. The lowest BCUT2D eigenvalue weighted by Gasteiger charge is -2.21. The van der Waals surface area contributed by atoms with E-state index in [4.69, 9.17) is 4.74 Å². The molecule has 2 atom stereocenters. The molecule has 2 rings (SSSR count). The quantitative estimate of drug-likeness (QED) is 0.833. The van der Waals surface area contributed by atoms with Gasteiger partial charge in [-0.15, -0.1) is 0 Å². The van der Waals surface area contributed by atoms with Crippen molar-refractivity contribution < 1.29 is 14.4 Å². The molecule has 0 spiro atoms. The maximum Gasteiger partial charge on any atom is 0.282 e. The summed E-state index contributed by atoms with van der Waals surface area (Å²) in [6, 6.07) is 7.77. The highest BCUT2D eigenvalue weighted by Gasteiger charge is 2.24. The summed E-state index contributed by atoms with van der Waals surface area (Å²) in [6.45, 7) is 6.56. The first-order valence-corrected chi connectivity index (χ1v) is 8.09. The van der Waals surface area contributed by atoms with Crippen molar-refractivity contribution in [3.8, 4) is 5.75 Å². The summed E-state index contributed by atoms with van der Waals surface area (Å²) < 4.78 is 6.95. The summed E-state index contributed by atoms with van der Waals surface area (Å²) in [5, 5.41) is 7.36. The van der Waals surface area contributed by atoms with Crippen molar-refractivity contribution in [2.45, 2.75) is 33.4 Å². The van der Waals surface area contributed by atoms with Crippen molar-refractivity contribution in [3.05, 3.63) is 41.2 Å². The molecule has 1 heterocycles. The number of hydrogen-bond donors (Lipinski definition) is 2. The molecule has 1 aromatic carbocycles.